The molecule has 1 aromatic heterocycles. The van der Waals surface area contributed by atoms with Crippen LogP contribution in [-0.4, -0.2) is 25.4 Å². The van der Waals surface area contributed by atoms with Gasteiger partial charge in [0.2, 0.25) is 0 Å². The van der Waals surface area contributed by atoms with E-state index in [1.54, 1.807) is 30.8 Å². The number of nitro benzene ring substituents is 1. The van der Waals surface area contributed by atoms with Gasteiger partial charge >= 0.3 is 0 Å². The van der Waals surface area contributed by atoms with E-state index in [9.17, 15) is 15.2 Å². The van der Waals surface area contributed by atoms with Gasteiger partial charge in [0.25, 0.3) is 5.69 Å². The lowest BCUT2D eigenvalue weighted by Crippen LogP contribution is -2.21. The van der Waals surface area contributed by atoms with Gasteiger partial charge in [0, 0.05) is 24.2 Å². The summed E-state index contributed by atoms with van der Waals surface area (Å²) in [5.41, 5.74) is -0.0483. The molecule has 0 saturated carbocycles. The van der Waals surface area contributed by atoms with E-state index in [-0.39, 0.29) is 5.69 Å². The fourth-order valence-corrected chi connectivity index (χ4v) is 2.20. The van der Waals surface area contributed by atoms with Crippen LogP contribution in [0.5, 0.6) is 0 Å². The van der Waals surface area contributed by atoms with E-state index >= 15 is 0 Å². The van der Waals surface area contributed by atoms with Crippen molar-refractivity contribution in [2.45, 2.75) is 32.4 Å². The van der Waals surface area contributed by atoms with Crippen LogP contribution < -0.4 is 0 Å². The Morgan fingerprint density at radius 3 is 2.79 bits per heavy atom. The number of benzene rings is 1. The summed E-state index contributed by atoms with van der Waals surface area (Å²) in [4.78, 5) is 10.4. The van der Waals surface area contributed by atoms with E-state index < -0.39 is 10.5 Å². The first kappa shape index (κ1) is 14.0. The van der Waals surface area contributed by atoms with Crippen LogP contribution in [0.15, 0.2) is 22.8 Å². The molecule has 0 spiro atoms. The van der Waals surface area contributed by atoms with Gasteiger partial charge in [-0.3, -0.25) is 14.8 Å². The molecule has 0 amide bonds. The summed E-state index contributed by atoms with van der Waals surface area (Å²) in [7, 11) is 0. The number of rotatable bonds is 4. The van der Waals surface area contributed by atoms with E-state index in [0.717, 1.165) is 0 Å². The summed E-state index contributed by atoms with van der Waals surface area (Å²) in [6, 6.07) is 3.13. The van der Waals surface area contributed by atoms with Crippen molar-refractivity contribution in [2.24, 2.45) is 0 Å². The Balaban J connectivity index is 2.33. The normalized spacial score (nSPS) is 12.0. The zero-order valence-electron chi connectivity index (χ0n) is 10.6. The highest BCUT2D eigenvalue weighted by atomic mass is 79.9. The van der Waals surface area contributed by atoms with E-state index in [4.69, 9.17) is 0 Å². The van der Waals surface area contributed by atoms with E-state index in [1.807, 2.05) is 0 Å². The maximum atomic E-state index is 10.8. The van der Waals surface area contributed by atoms with Gasteiger partial charge in [-0.25, -0.2) is 0 Å². The van der Waals surface area contributed by atoms with E-state index in [1.165, 1.54) is 6.07 Å². The van der Waals surface area contributed by atoms with Crippen molar-refractivity contribution < 1.29 is 10.0 Å². The van der Waals surface area contributed by atoms with Gasteiger partial charge in [-0.2, -0.15) is 5.10 Å². The number of hydrogen-bond donors (Lipinski definition) is 1. The number of aryl methyl sites for hydroxylation is 1. The summed E-state index contributed by atoms with van der Waals surface area (Å²) in [5.74, 6) is 0. The molecule has 1 aromatic carbocycles. The number of hydrogen-bond acceptors (Lipinski definition) is 4. The van der Waals surface area contributed by atoms with Crippen LogP contribution in [0.1, 0.15) is 20.3 Å². The zero-order chi connectivity index (χ0) is 14.2. The summed E-state index contributed by atoms with van der Waals surface area (Å²) < 4.78 is 2.11. The standard InChI is InChI=1S/C12H14BrN3O3/c1-12(2,17)3-4-15-7-8-5-11(16(18)19)9(13)6-10(8)14-15/h5-7,17H,3-4H2,1-2H3. The third kappa shape index (κ3) is 3.30. The molecule has 0 atom stereocenters. The lowest BCUT2D eigenvalue weighted by molar-refractivity contribution is -0.385. The average molecular weight is 328 g/mol. The first-order chi connectivity index (χ1) is 8.76. The lowest BCUT2D eigenvalue weighted by Gasteiger charge is -2.16. The molecule has 0 radical (unpaired) electrons. The maximum Gasteiger partial charge on any atom is 0.284 e. The Labute approximate surface area is 118 Å². The highest BCUT2D eigenvalue weighted by Crippen LogP contribution is 2.29. The lowest BCUT2D eigenvalue weighted by atomic mass is 10.1. The topological polar surface area (TPSA) is 81.2 Å². The number of fused-ring (bicyclic) bond motifs is 1. The number of aromatic nitrogens is 2. The highest BCUT2D eigenvalue weighted by molar-refractivity contribution is 9.10. The van der Waals surface area contributed by atoms with Crippen molar-refractivity contribution in [1.29, 1.82) is 0 Å². The monoisotopic (exact) mass is 327 g/mol. The Morgan fingerprint density at radius 1 is 1.53 bits per heavy atom. The number of nitro groups is 1. The van der Waals surface area contributed by atoms with Crippen molar-refractivity contribution in [1.82, 2.24) is 9.78 Å². The molecule has 0 aliphatic heterocycles. The largest absolute Gasteiger partial charge is 0.390 e. The molecule has 102 valence electrons. The maximum absolute atomic E-state index is 10.8. The van der Waals surface area contributed by atoms with Crippen LogP contribution >= 0.6 is 15.9 Å². The van der Waals surface area contributed by atoms with Gasteiger partial charge in [0.1, 0.15) is 0 Å². The third-order valence-electron chi connectivity index (χ3n) is 2.77. The first-order valence-corrected chi connectivity index (χ1v) is 6.59. The summed E-state index contributed by atoms with van der Waals surface area (Å²) >= 11 is 3.17. The van der Waals surface area contributed by atoms with Gasteiger partial charge in [0.05, 0.1) is 20.5 Å². The smallest absolute Gasteiger partial charge is 0.284 e. The first-order valence-electron chi connectivity index (χ1n) is 5.80. The molecule has 0 bridgehead atoms. The van der Waals surface area contributed by atoms with Crippen LogP contribution in [-0.2, 0) is 6.54 Å². The second-order valence-electron chi connectivity index (χ2n) is 5.07. The molecule has 7 heteroatoms. The second-order valence-corrected chi connectivity index (χ2v) is 5.93. The molecule has 0 aliphatic carbocycles. The van der Waals surface area contributed by atoms with Gasteiger partial charge in [-0.15, -0.1) is 0 Å². The Hall–Kier alpha value is -1.47. The van der Waals surface area contributed by atoms with Crippen LogP contribution in [0.3, 0.4) is 0 Å². The van der Waals surface area contributed by atoms with E-state index in [2.05, 4.69) is 21.0 Å². The Morgan fingerprint density at radius 2 is 2.21 bits per heavy atom. The van der Waals surface area contributed by atoms with Crippen molar-refractivity contribution in [3.05, 3.63) is 32.9 Å². The predicted octanol–water partition coefficient (Wildman–Crippen LogP) is 2.87. The van der Waals surface area contributed by atoms with Crippen molar-refractivity contribution >= 4 is 32.5 Å². The average Bonchev–Trinajstić information content (AvgIpc) is 2.65. The number of halogens is 1. The minimum atomic E-state index is -0.759. The summed E-state index contributed by atoms with van der Waals surface area (Å²) in [6.07, 6.45) is 2.31. The molecule has 2 aromatic rings. The Bertz CT molecular complexity index is 631. The quantitative estimate of drug-likeness (QED) is 0.691. The minimum absolute atomic E-state index is 0.0227. The van der Waals surface area contributed by atoms with Crippen LogP contribution in [0.4, 0.5) is 5.69 Å². The number of aliphatic hydroxyl groups is 1. The zero-order valence-corrected chi connectivity index (χ0v) is 12.2. The fraction of sp³-hybridized carbons (Fsp3) is 0.417. The van der Waals surface area contributed by atoms with Gasteiger partial charge in [-0.1, -0.05) is 0 Å². The molecule has 1 heterocycles. The number of nitrogens with zero attached hydrogens (tertiary/aromatic N) is 3. The van der Waals surface area contributed by atoms with Crippen LogP contribution in [0, 0.1) is 10.1 Å². The molecular weight excluding hydrogens is 314 g/mol. The third-order valence-corrected chi connectivity index (χ3v) is 3.40. The summed E-state index contributed by atoms with van der Waals surface area (Å²) in [5, 5.41) is 25.6. The van der Waals surface area contributed by atoms with Crippen LogP contribution in [0.2, 0.25) is 0 Å². The molecule has 6 nitrogen and oxygen atoms in total. The highest BCUT2D eigenvalue weighted by Gasteiger charge is 2.16. The molecule has 0 fully saturated rings. The van der Waals surface area contributed by atoms with Crippen molar-refractivity contribution in [3.63, 3.8) is 0 Å². The minimum Gasteiger partial charge on any atom is -0.390 e. The SMILES string of the molecule is CC(C)(O)CCn1cc2cc([N+](=O)[O-])c(Br)cc2n1. The van der Waals surface area contributed by atoms with Crippen molar-refractivity contribution in [3.8, 4) is 0 Å². The molecule has 2 rings (SSSR count). The second kappa shape index (κ2) is 4.90. The van der Waals surface area contributed by atoms with Crippen LogP contribution in [0.25, 0.3) is 10.9 Å². The molecule has 1 N–H and O–H groups in total. The van der Waals surface area contributed by atoms with Gasteiger partial charge in [-0.05, 0) is 42.3 Å². The Kier molecular flexibility index (Phi) is 3.60. The fourth-order valence-electron chi connectivity index (χ4n) is 1.73. The van der Waals surface area contributed by atoms with Gasteiger partial charge in [0.15, 0.2) is 0 Å². The molecule has 0 unspecified atom stereocenters. The van der Waals surface area contributed by atoms with Gasteiger partial charge < -0.3 is 5.11 Å². The predicted molar refractivity (Wildman–Crippen MR) is 75.0 cm³/mol. The molecular formula is C12H14BrN3O3. The summed E-state index contributed by atoms with van der Waals surface area (Å²) in [6.45, 7) is 4.03. The van der Waals surface area contributed by atoms with Crippen molar-refractivity contribution in [2.75, 3.05) is 0 Å². The molecule has 0 saturated heterocycles. The molecule has 19 heavy (non-hydrogen) atoms. The van der Waals surface area contributed by atoms with E-state index in [0.29, 0.717) is 28.3 Å². The molecule has 0 aliphatic rings.